The zero-order chi connectivity index (χ0) is 11.0. The van der Waals surface area contributed by atoms with Crippen LogP contribution in [-0.2, 0) is 0 Å². The fraction of sp³-hybridized carbons (Fsp3) is 0.462. The van der Waals surface area contributed by atoms with E-state index in [1.165, 1.54) is 15.2 Å². The van der Waals surface area contributed by atoms with Gasteiger partial charge in [-0.25, -0.2) is 0 Å². The highest BCUT2D eigenvalue weighted by Gasteiger charge is 2.24. The van der Waals surface area contributed by atoms with Crippen molar-refractivity contribution in [2.24, 2.45) is 0 Å². The summed E-state index contributed by atoms with van der Waals surface area (Å²) in [7, 11) is 0. The molecule has 0 saturated heterocycles. The van der Waals surface area contributed by atoms with Crippen molar-refractivity contribution >= 4 is 21.6 Å². The van der Waals surface area contributed by atoms with Gasteiger partial charge in [0, 0.05) is 12.0 Å². The van der Waals surface area contributed by atoms with Gasteiger partial charge in [-0.15, -0.1) is 0 Å². The van der Waals surface area contributed by atoms with Crippen molar-refractivity contribution in [2.75, 3.05) is 0 Å². The minimum absolute atomic E-state index is 0.540. The summed E-state index contributed by atoms with van der Waals surface area (Å²) in [6, 6.07) is 9.22. The molecule has 1 aromatic heterocycles. The van der Waals surface area contributed by atoms with Crippen LogP contribution < -0.4 is 4.57 Å². The number of nitrogens with zero attached hydrogens (tertiary/aromatic N) is 1. The summed E-state index contributed by atoms with van der Waals surface area (Å²) >= 11 is 1.92. The molecule has 1 aromatic carbocycles. The molecule has 0 radical (unpaired) electrons. The average Bonchev–Trinajstić information content (AvgIpc) is 2.56. The Hall–Kier alpha value is -0.890. The second-order valence-corrected chi connectivity index (χ2v) is 5.59. The van der Waals surface area contributed by atoms with Crippen LogP contribution in [0.4, 0.5) is 0 Å². The summed E-state index contributed by atoms with van der Waals surface area (Å²) in [4.78, 5) is 0. The summed E-state index contributed by atoms with van der Waals surface area (Å²) < 4.78 is 3.86. The van der Waals surface area contributed by atoms with Gasteiger partial charge in [0.25, 0.3) is 0 Å². The quantitative estimate of drug-likeness (QED) is 0.676. The van der Waals surface area contributed by atoms with E-state index < -0.39 is 0 Å². The minimum atomic E-state index is 0.540. The van der Waals surface area contributed by atoms with Crippen molar-refractivity contribution in [3.05, 3.63) is 29.3 Å². The molecule has 0 amide bonds. The molecule has 0 N–H and O–H groups in total. The number of fused-ring (bicyclic) bond motifs is 1. The van der Waals surface area contributed by atoms with E-state index in [-0.39, 0.29) is 0 Å². The van der Waals surface area contributed by atoms with E-state index in [2.05, 4.69) is 56.5 Å². The first-order chi connectivity index (χ1) is 7.11. The Morgan fingerprint density at radius 3 is 2.33 bits per heavy atom. The lowest BCUT2D eigenvalue weighted by molar-refractivity contribution is -0.695. The molecule has 1 heterocycles. The Morgan fingerprint density at radius 2 is 1.73 bits per heavy atom. The fourth-order valence-electron chi connectivity index (χ4n) is 1.95. The van der Waals surface area contributed by atoms with Crippen molar-refractivity contribution in [1.29, 1.82) is 0 Å². The van der Waals surface area contributed by atoms with Crippen molar-refractivity contribution in [3.8, 4) is 0 Å². The van der Waals surface area contributed by atoms with Crippen LogP contribution in [0, 0.1) is 0 Å². The number of hydrogen-bond acceptors (Lipinski definition) is 1. The SMILES string of the molecule is CC(C)c1sc2ccccc2[n+]1C(C)C. The van der Waals surface area contributed by atoms with E-state index in [4.69, 9.17) is 0 Å². The van der Waals surface area contributed by atoms with E-state index in [1.54, 1.807) is 0 Å². The van der Waals surface area contributed by atoms with Gasteiger partial charge in [0.1, 0.15) is 4.70 Å². The van der Waals surface area contributed by atoms with Gasteiger partial charge in [-0.1, -0.05) is 37.3 Å². The predicted octanol–water partition coefficient (Wildman–Crippen LogP) is 3.89. The van der Waals surface area contributed by atoms with Gasteiger partial charge in [-0.3, -0.25) is 0 Å². The van der Waals surface area contributed by atoms with E-state index in [0.29, 0.717) is 12.0 Å². The van der Waals surface area contributed by atoms with Crippen LogP contribution in [0.5, 0.6) is 0 Å². The molecule has 1 nitrogen and oxygen atoms in total. The minimum Gasteiger partial charge on any atom is -0.184 e. The molecule has 0 bridgehead atoms. The number of hydrogen-bond donors (Lipinski definition) is 0. The normalized spacial score (nSPS) is 11.9. The van der Waals surface area contributed by atoms with Crippen molar-refractivity contribution in [2.45, 2.75) is 39.7 Å². The Bertz CT molecular complexity index is 468. The van der Waals surface area contributed by atoms with Gasteiger partial charge >= 0.3 is 0 Å². The van der Waals surface area contributed by atoms with Gasteiger partial charge in [-0.2, -0.15) is 4.57 Å². The summed E-state index contributed by atoms with van der Waals surface area (Å²) in [5.74, 6) is 0.602. The van der Waals surface area contributed by atoms with Gasteiger partial charge in [-0.05, 0) is 19.9 Å². The second-order valence-electron chi connectivity index (χ2n) is 4.53. The average molecular weight is 220 g/mol. The molecule has 0 saturated carbocycles. The molecule has 2 rings (SSSR count). The highest BCUT2D eigenvalue weighted by molar-refractivity contribution is 7.18. The Labute approximate surface area is 95.4 Å². The van der Waals surface area contributed by atoms with Crippen molar-refractivity contribution in [3.63, 3.8) is 0 Å². The maximum atomic E-state index is 2.46. The molecule has 0 unspecified atom stereocenters. The van der Waals surface area contributed by atoms with Gasteiger partial charge in [0.05, 0.1) is 0 Å². The van der Waals surface area contributed by atoms with Crippen molar-refractivity contribution < 1.29 is 4.57 Å². The van der Waals surface area contributed by atoms with E-state index in [1.807, 2.05) is 11.3 Å². The number of rotatable bonds is 2. The first kappa shape index (κ1) is 10.6. The maximum Gasteiger partial charge on any atom is 0.241 e. The lowest BCUT2D eigenvalue weighted by Gasteiger charge is -2.04. The Balaban J connectivity index is 2.75. The van der Waals surface area contributed by atoms with Crippen LogP contribution in [-0.4, -0.2) is 0 Å². The molecular formula is C13H18NS+. The molecule has 0 spiro atoms. The van der Waals surface area contributed by atoms with E-state index in [9.17, 15) is 0 Å². The molecular weight excluding hydrogens is 202 g/mol. The third-order valence-corrected chi connectivity index (χ3v) is 4.03. The third-order valence-electron chi connectivity index (χ3n) is 2.59. The zero-order valence-electron chi connectivity index (χ0n) is 9.82. The number of para-hydroxylation sites is 1. The standard InChI is InChI=1S/C13H18NS/c1-9(2)13-14(10(3)4)11-7-5-6-8-12(11)15-13/h5-10H,1-4H3/q+1. The highest BCUT2D eigenvalue weighted by Crippen LogP contribution is 2.26. The summed E-state index contributed by atoms with van der Waals surface area (Å²) in [6.07, 6.45) is 0. The molecule has 2 aromatic rings. The molecule has 15 heavy (non-hydrogen) atoms. The molecule has 0 atom stereocenters. The Morgan fingerprint density at radius 1 is 1.07 bits per heavy atom. The molecule has 0 fully saturated rings. The monoisotopic (exact) mass is 220 g/mol. The number of thiazole rings is 1. The molecule has 80 valence electrons. The molecule has 0 aliphatic rings. The van der Waals surface area contributed by atoms with Crippen LogP contribution in [0.15, 0.2) is 24.3 Å². The van der Waals surface area contributed by atoms with Gasteiger partial charge < -0.3 is 0 Å². The maximum absolute atomic E-state index is 2.46. The van der Waals surface area contributed by atoms with Gasteiger partial charge in [0.2, 0.25) is 10.5 Å². The summed E-state index contributed by atoms with van der Waals surface area (Å²) in [6.45, 7) is 9.04. The van der Waals surface area contributed by atoms with Crippen LogP contribution in [0.1, 0.15) is 44.7 Å². The lowest BCUT2D eigenvalue weighted by atomic mass is 10.2. The number of aromatic nitrogens is 1. The van der Waals surface area contributed by atoms with E-state index in [0.717, 1.165) is 0 Å². The first-order valence-electron chi connectivity index (χ1n) is 5.54. The number of benzene rings is 1. The highest BCUT2D eigenvalue weighted by atomic mass is 32.1. The van der Waals surface area contributed by atoms with Crippen molar-refractivity contribution in [1.82, 2.24) is 0 Å². The zero-order valence-corrected chi connectivity index (χ0v) is 10.6. The predicted molar refractivity (Wildman–Crippen MR) is 66.5 cm³/mol. The third kappa shape index (κ3) is 1.78. The fourth-order valence-corrected chi connectivity index (χ4v) is 3.24. The molecule has 0 aliphatic heterocycles. The lowest BCUT2D eigenvalue weighted by Crippen LogP contribution is -2.39. The van der Waals surface area contributed by atoms with Crippen LogP contribution in [0.3, 0.4) is 0 Å². The van der Waals surface area contributed by atoms with Crippen LogP contribution in [0.25, 0.3) is 10.2 Å². The van der Waals surface area contributed by atoms with Crippen LogP contribution >= 0.6 is 11.3 Å². The smallest absolute Gasteiger partial charge is 0.184 e. The second kappa shape index (κ2) is 3.93. The largest absolute Gasteiger partial charge is 0.241 e. The molecule has 0 aliphatic carbocycles. The topological polar surface area (TPSA) is 3.88 Å². The molecule has 2 heteroatoms. The van der Waals surface area contributed by atoms with Gasteiger partial charge in [0.15, 0.2) is 6.04 Å². The Kier molecular flexibility index (Phi) is 2.79. The van der Waals surface area contributed by atoms with E-state index >= 15 is 0 Å². The summed E-state index contributed by atoms with van der Waals surface area (Å²) in [5, 5.41) is 1.48. The first-order valence-corrected chi connectivity index (χ1v) is 6.36. The van der Waals surface area contributed by atoms with Crippen LogP contribution in [0.2, 0.25) is 0 Å². The summed E-state index contributed by atoms with van der Waals surface area (Å²) in [5.41, 5.74) is 1.38.